The van der Waals surface area contributed by atoms with Gasteiger partial charge in [0.15, 0.2) is 0 Å². The van der Waals surface area contributed by atoms with Gasteiger partial charge in [0, 0.05) is 29.6 Å². The van der Waals surface area contributed by atoms with Crippen LogP contribution in [0.1, 0.15) is 37.0 Å². The number of benzene rings is 2. The van der Waals surface area contributed by atoms with Gasteiger partial charge in [-0.1, -0.05) is 30.3 Å². The van der Waals surface area contributed by atoms with Gasteiger partial charge in [0.2, 0.25) is 0 Å². The molecule has 156 valence electrons. The van der Waals surface area contributed by atoms with Crippen LogP contribution in [0.4, 0.5) is 0 Å². The number of rotatable bonds is 4. The molecule has 2 heterocycles. The van der Waals surface area contributed by atoms with Gasteiger partial charge in [-0.15, -0.1) is 0 Å². The number of aromatic nitrogens is 1. The molecular formula is C24H26N2O4. The number of hydrogen-bond donors (Lipinski definition) is 1. The Morgan fingerprint density at radius 2 is 1.83 bits per heavy atom. The largest absolute Gasteiger partial charge is 0.495 e. The van der Waals surface area contributed by atoms with Crippen LogP contribution >= 0.6 is 0 Å². The number of methoxy groups -OCH3 is 1. The number of nitrogens with zero attached hydrogens (tertiary/aromatic N) is 1. The van der Waals surface area contributed by atoms with E-state index >= 15 is 0 Å². The highest BCUT2D eigenvalue weighted by Gasteiger charge is 2.30. The average molecular weight is 406 g/mol. The fourth-order valence-corrected chi connectivity index (χ4v) is 4.10. The van der Waals surface area contributed by atoms with E-state index in [-0.39, 0.29) is 23.1 Å². The Bertz CT molecular complexity index is 1150. The number of carbonyl (C=O) groups excluding carboxylic acids is 1. The molecule has 0 spiro atoms. The van der Waals surface area contributed by atoms with Crippen LogP contribution in [-0.4, -0.2) is 35.8 Å². The van der Waals surface area contributed by atoms with Crippen molar-refractivity contribution in [3.05, 3.63) is 70.6 Å². The number of fused-ring (bicyclic) bond motifs is 1. The fourth-order valence-electron chi connectivity index (χ4n) is 4.10. The Balaban J connectivity index is 1.80. The van der Waals surface area contributed by atoms with E-state index in [9.17, 15) is 9.59 Å². The quantitative estimate of drug-likeness (QED) is 0.718. The Morgan fingerprint density at radius 1 is 1.13 bits per heavy atom. The van der Waals surface area contributed by atoms with Gasteiger partial charge in [-0.05, 0) is 44.9 Å². The molecule has 0 aliphatic carbocycles. The number of hydrogen-bond acceptors (Lipinski definition) is 4. The molecule has 0 bridgehead atoms. The first-order chi connectivity index (χ1) is 14.4. The molecule has 1 N–H and O–H groups in total. The van der Waals surface area contributed by atoms with Crippen molar-refractivity contribution in [2.75, 3.05) is 13.7 Å². The lowest BCUT2D eigenvalue weighted by molar-refractivity contribution is -0.0615. The number of carbonyl (C=O) groups is 1. The van der Waals surface area contributed by atoms with Crippen LogP contribution in [0.5, 0.6) is 5.75 Å². The zero-order valence-electron chi connectivity index (χ0n) is 17.5. The maximum Gasteiger partial charge on any atom is 0.263 e. The van der Waals surface area contributed by atoms with E-state index < -0.39 is 0 Å². The van der Waals surface area contributed by atoms with Crippen LogP contribution in [0.15, 0.2) is 59.5 Å². The molecule has 1 saturated heterocycles. The molecule has 0 radical (unpaired) electrons. The molecule has 0 unspecified atom stereocenters. The fraction of sp³-hybridized carbons (Fsp3) is 0.333. The second kappa shape index (κ2) is 7.95. The van der Waals surface area contributed by atoms with Gasteiger partial charge in [-0.3, -0.25) is 14.2 Å². The zero-order valence-corrected chi connectivity index (χ0v) is 17.5. The van der Waals surface area contributed by atoms with Crippen LogP contribution in [-0.2, 0) is 4.74 Å². The number of nitrogens with one attached hydrogen (secondary N) is 1. The normalized spacial score (nSPS) is 18.2. The summed E-state index contributed by atoms with van der Waals surface area (Å²) in [4.78, 5) is 26.5. The molecule has 1 atom stereocenters. The van der Waals surface area contributed by atoms with Crippen LogP contribution in [0.25, 0.3) is 16.5 Å². The van der Waals surface area contributed by atoms with Crippen molar-refractivity contribution >= 4 is 16.7 Å². The average Bonchev–Trinajstić information content (AvgIpc) is 2.73. The molecule has 1 fully saturated rings. The van der Waals surface area contributed by atoms with E-state index in [2.05, 4.69) is 5.32 Å². The van der Waals surface area contributed by atoms with Crippen LogP contribution < -0.4 is 15.6 Å². The topological polar surface area (TPSA) is 69.6 Å². The summed E-state index contributed by atoms with van der Waals surface area (Å²) in [6.07, 6.45) is 3.12. The summed E-state index contributed by atoms with van der Waals surface area (Å²) in [5, 5.41) is 4.27. The number of pyridine rings is 1. The third-order valence-corrected chi connectivity index (χ3v) is 5.55. The first kappa shape index (κ1) is 20.2. The van der Waals surface area contributed by atoms with Crippen molar-refractivity contribution in [1.82, 2.24) is 9.88 Å². The first-order valence-corrected chi connectivity index (χ1v) is 10.1. The van der Waals surface area contributed by atoms with Crippen molar-refractivity contribution in [1.29, 1.82) is 0 Å². The first-order valence-electron chi connectivity index (χ1n) is 10.1. The second-order valence-electron chi connectivity index (χ2n) is 8.21. The predicted molar refractivity (Wildman–Crippen MR) is 117 cm³/mol. The van der Waals surface area contributed by atoms with Crippen molar-refractivity contribution in [3.63, 3.8) is 0 Å². The molecule has 3 aromatic rings. The SMILES string of the molecule is COc1ccccc1-n1cc(C(=O)N[C@H]2CCOC(C)(C)C2)c2ccccc2c1=O. The molecule has 30 heavy (non-hydrogen) atoms. The van der Waals surface area contributed by atoms with Gasteiger partial charge in [0.1, 0.15) is 5.75 Å². The Labute approximate surface area is 175 Å². The lowest BCUT2D eigenvalue weighted by Crippen LogP contribution is -2.46. The van der Waals surface area contributed by atoms with Crippen molar-refractivity contribution in [2.24, 2.45) is 0 Å². The summed E-state index contributed by atoms with van der Waals surface area (Å²) >= 11 is 0. The van der Waals surface area contributed by atoms with Gasteiger partial charge in [0.05, 0.1) is 24.0 Å². The summed E-state index contributed by atoms with van der Waals surface area (Å²) in [6.45, 7) is 4.67. The number of para-hydroxylation sites is 2. The molecule has 0 saturated carbocycles. The molecule has 1 aliphatic heterocycles. The highest BCUT2D eigenvalue weighted by atomic mass is 16.5. The summed E-state index contributed by atoms with van der Waals surface area (Å²) in [7, 11) is 1.56. The van der Waals surface area contributed by atoms with Crippen molar-refractivity contribution in [2.45, 2.75) is 38.3 Å². The number of ether oxygens (including phenoxy) is 2. The summed E-state index contributed by atoms with van der Waals surface area (Å²) < 4.78 is 12.7. The molecule has 1 aliphatic rings. The summed E-state index contributed by atoms with van der Waals surface area (Å²) in [5.74, 6) is 0.366. The molecule has 1 aromatic heterocycles. The second-order valence-corrected chi connectivity index (χ2v) is 8.21. The standard InChI is InChI=1S/C24H26N2O4/c1-24(2)14-16(12-13-30-24)25-22(27)19-15-26(20-10-6-7-11-21(20)29-3)23(28)18-9-5-4-8-17(18)19/h4-11,15-16H,12-14H2,1-3H3,(H,25,27)/t16-/m0/s1. The third kappa shape index (κ3) is 3.83. The lowest BCUT2D eigenvalue weighted by Gasteiger charge is -2.35. The summed E-state index contributed by atoms with van der Waals surface area (Å²) in [5.41, 5.74) is 0.588. The van der Waals surface area contributed by atoms with Gasteiger partial charge < -0.3 is 14.8 Å². The maximum atomic E-state index is 13.3. The molecule has 2 aromatic carbocycles. The monoisotopic (exact) mass is 406 g/mol. The van der Waals surface area contributed by atoms with E-state index in [0.717, 1.165) is 12.8 Å². The minimum Gasteiger partial charge on any atom is -0.495 e. The van der Waals surface area contributed by atoms with Crippen molar-refractivity contribution in [3.8, 4) is 11.4 Å². The van der Waals surface area contributed by atoms with Crippen LogP contribution in [0.2, 0.25) is 0 Å². The minimum absolute atomic E-state index is 0.0200. The van der Waals surface area contributed by atoms with Gasteiger partial charge in [-0.25, -0.2) is 0 Å². The maximum absolute atomic E-state index is 13.3. The Morgan fingerprint density at radius 3 is 2.57 bits per heavy atom. The zero-order chi connectivity index (χ0) is 21.3. The molecule has 4 rings (SSSR count). The molecule has 1 amide bonds. The van der Waals surface area contributed by atoms with Gasteiger partial charge in [0.25, 0.3) is 11.5 Å². The minimum atomic E-state index is -0.269. The lowest BCUT2D eigenvalue weighted by atomic mass is 9.93. The molecule has 6 nitrogen and oxygen atoms in total. The van der Waals surface area contributed by atoms with E-state index in [0.29, 0.717) is 34.4 Å². The number of amides is 1. The van der Waals surface area contributed by atoms with Crippen LogP contribution in [0.3, 0.4) is 0 Å². The van der Waals surface area contributed by atoms with Crippen LogP contribution in [0, 0.1) is 0 Å². The van der Waals surface area contributed by atoms with E-state index in [1.807, 2.05) is 38.1 Å². The van der Waals surface area contributed by atoms with Gasteiger partial charge in [-0.2, -0.15) is 0 Å². The van der Waals surface area contributed by atoms with Gasteiger partial charge >= 0.3 is 0 Å². The third-order valence-electron chi connectivity index (χ3n) is 5.55. The Kier molecular flexibility index (Phi) is 5.35. The van der Waals surface area contributed by atoms with E-state index in [1.54, 1.807) is 37.6 Å². The molecular weight excluding hydrogens is 380 g/mol. The molecule has 6 heteroatoms. The summed E-state index contributed by atoms with van der Waals surface area (Å²) in [6, 6.07) is 14.5. The highest BCUT2D eigenvalue weighted by molar-refractivity contribution is 6.06. The van der Waals surface area contributed by atoms with Crippen molar-refractivity contribution < 1.29 is 14.3 Å². The smallest absolute Gasteiger partial charge is 0.263 e. The van der Waals surface area contributed by atoms with E-state index in [1.165, 1.54) is 4.57 Å². The highest BCUT2D eigenvalue weighted by Crippen LogP contribution is 2.26. The Hall–Kier alpha value is -3.12. The predicted octanol–water partition coefficient (Wildman–Crippen LogP) is 3.69. The van der Waals surface area contributed by atoms with E-state index in [4.69, 9.17) is 9.47 Å².